The molecule has 0 heterocycles. The molecule has 0 N–H and O–H groups in total. The van der Waals surface area contributed by atoms with Crippen LogP contribution in [-0.2, 0) is 9.53 Å². The van der Waals surface area contributed by atoms with Crippen molar-refractivity contribution in [1.29, 1.82) is 0 Å². The van der Waals surface area contributed by atoms with E-state index in [0.717, 1.165) is 10.8 Å². The summed E-state index contributed by atoms with van der Waals surface area (Å²) in [5, 5.41) is 1.59. The number of carbonyl (C=O) groups excluding carboxylic acids is 1. The average molecular weight is 376 g/mol. The normalized spacial score (nSPS) is 14.8. The molecule has 1 unspecified atom stereocenters. The highest BCUT2D eigenvalue weighted by Gasteiger charge is 2.62. The summed E-state index contributed by atoms with van der Waals surface area (Å²) in [4.78, 5) is 12.0. The fraction of sp³-hybridized carbons (Fsp3) is 0.389. The molecular formula is C18H17F5O3. The first-order valence-electron chi connectivity index (χ1n) is 7.70. The first-order valence-corrected chi connectivity index (χ1v) is 7.70. The van der Waals surface area contributed by atoms with Crippen LogP contribution in [0.4, 0.5) is 22.0 Å². The van der Waals surface area contributed by atoms with Crippen LogP contribution in [0.15, 0.2) is 36.4 Å². The Bertz CT molecular complexity index is 801. The molecular weight excluding hydrogens is 359 g/mol. The quantitative estimate of drug-likeness (QED) is 0.539. The van der Waals surface area contributed by atoms with E-state index in [-0.39, 0.29) is 0 Å². The number of hydrogen-bond donors (Lipinski definition) is 0. The standard InChI is InChI=1S/C18H17F5O3/c1-10(16(24)26-11(2)17(19,20)18(21,22)23)12-4-5-14-9-15(25-3)7-6-13(14)8-12/h4-11H,1-3H3/t10-,11?/m0/s1. The second-order valence-corrected chi connectivity index (χ2v) is 5.89. The van der Waals surface area contributed by atoms with Gasteiger partial charge in [0, 0.05) is 0 Å². The van der Waals surface area contributed by atoms with Crippen molar-refractivity contribution in [1.82, 2.24) is 0 Å². The Morgan fingerprint density at radius 3 is 2.12 bits per heavy atom. The van der Waals surface area contributed by atoms with E-state index in [1.807, 2.05) is 0 Å². The van der Waals surface area contributed by atoms with Crippen LogP contribution in [0.2, 0.25) is 0 Å². The van der Waals surface area contributed by atoms with Crippen molar-refractivity contribution in [3.63, 3.8) is 0 Å². The number of carbonyl (C=O) groups is 1. The van der Waals surface area contributed by atoms with Crippen LogP contribution in [-0.4, -0.2) is 31.3 Å². The number of esters is 1. The van der Waals surface area contributed by atoms with Crippen LogP contribution >= 0.6 is 0 Å². The maximum atomic E-state index is 13.2. The van der Waals surface area contributed by atoms with E-state index < -0.39 is 30.1 Å². The minimum absolute atomic E-state index is 0.440. The highest BCUT2D eigenvalue weighted by atomic mass is 19.4. The molecule has 0 saturated carbocycles. The third-order valence-electron chi connectivity index (χ3n) is 4.11. The molecule has 0 bridgehead atoms. The number of methoxy groups -OCH3 is 1. The Morgan fingerprint density at radius 2 is 1.54 bits per heavy atom. The van der Waals surface area contributed by atoms with Gasteiger partial charge in [-0.2, -0.15) is 22.0 Å². The Balaban J connectivity index is 2.19. The van der Waals surface area contributed by atoms with Gasteiger partial charge in [0.25, 0.3) is 0 Å². The maximum absolute atomic E-state index is 13.2. The van der Waals surface area contributed by atoms with Crippen molar-refractivity contribution in [3.8, 4) is 5.75 Å². The highest BCUT2D eigenvalue weighted by molar-refractivity contribution is 5.86. The van der Waals surface area contributed by atoms with Crippen molar-refractivity contribution < 1.29 is 36.2 Å². The van der Waals surface area contributed by atoms with Crippen LogP contribution in [0.3, 0.4) is 0 Å². The molecule has 2 rings (SSSR count). The lowest BCUT2D eigenvalue weighted by Gasteiger charge is -2.26. The monoisotopic (exact) mass is 376 g/mol. The number of hydrogen-bond acceptors (Lipinski definition) is 3. The van der Waals surface area contributed by atoms with E-state index in [4.69, 9.17) is 4.74 Å². The summed E-state index contributed by atoms with van der Waals surface area (Å²) in [7, 11) is 1.52. The van der Waals surface area contributed by atoms with Gasteiger partial charge in [0.1, 0.15) is 5.75 Å². The molecule has 0 aliphatic rings. The zero-order valence-corrected chi connectivity index (χ0v) is 14.2. The summed E-state index contributed by atoms with van der Waals surface area (Å²) >= 11 is 0. The number of fused-ring (bicyclic) bond motifs is 1. The van der Waals surface area contributed by atoms with Crippen molar-refractivity contribution in [2.45, 2.75) is 38.0 Å². The summed E-state index contributed by atoms with van der Waals surface area (Å²) in [5.74, 6) is -6.65. The Kier molecular flexibility index (Phi) is 5.44. The van der Waals surface area contributed by atoms with Crippen LogP contribution in [0.5, 0.6) is 5.75 Å². The third-order valence-corrected chi connectivity index (χ3v) is 4.11. The lowest BCUT2D eigenvalue weighted by atomic mass is 9.97. The molecule has 0 aliphatic carbocycles. The van der Waals surface area contributed by atoms with E-state index >= 15 is 0 Å². The summed E-state index contributed by atoms with van der Waals surface area (Å²) in [6.45, 7) is 1.90. The topological polar surface area (TPSA) is 35.5 Å². The van der Waals surface area contributed by atoms with Crippen LogP contribution in [0, 0.1) is 0 Å². The fourth-order valence-electron chi connectivity index (χ4n) is 2.36. The van der Waals surface area contributed by atoms with Gasteiger partial charge in [-0.1, -0.05) is 24.3 Å². The lowest BCUT2D eigenvalue weighted by molar-refractivity contribution is -0.311. The van der Waals surface area contributed by atoms with Crippen molar-refractivity contribution >= 4 is 16.7 Å². The zero-order chi connectivity index (χ0) is 19.7. The van der Waals surface area contributed by atoms with Gasteiger partial charge in [-0.05, 0) is 42.3 Å². The molecule has 2 aromatic rings. The number of ether oxygens (including phenoxy) is 2. The van der Waals surface area contributed by atoms with Gasteiger partial charge >= 0.3 is 18.1 Å². The molecule has 0 radical (unpaired) electrons. The lowest BCUT2D eigenvalue weighted by Crippen LogP contribution is -2.47. The van der Waals surface area contributed by atoms with Crippen LogP contribution in [0.25, 0.3) is 10.8 Å². The van der Waals surface area contributed by atoms with Gasteiger partial charge in [0.15, 0.2) is 6.10 Å². The van der Waals surface area contributed by atoms with E-state index in [1.165, 1.54) is 14.0 Å². The fourth-order valence-corrected chi connectivity index (χ4v) is 2.36. The summed E-state index contributed by atoms with van der Waals surface area (Å²) in [5.41, 5.74) is 0.440. The van der Waals surface area contributed by atoms with Crippen molar-refractivity contribution in [2.24, 2.45) is 0 Å². The smallest absolute Gasteiger partial charge is 0.457 e. The second-order valence-electron chi connectivity index (χ2n) is 5.89. The first kappa shape index (κ1) is 19.9. The predicted octanol–water partition coefficient (Wildman–Crippen LogP) is 5.08. The molecule has 0 aliphatic heterocycles. The first-order chi connectivity index (χ1) is 12.0. The molecule has 26 heavy (non-hydrogen) atoms. The molecule has 3 nitrogen and oxygen atoms in total. The van der Waals surface area contributed by atoms with Crippen molar-refractivity contribution in [3.05, 3.63) is 42.0 Å². The number of rotatable bonds is 5. The summed E-state index contributed by atoms with van der Waals surface area (Å²) < 4.78 is 72.9. The van der Waals surface area contributed by atoms with Gasteiger partial charge < -0.3 is 9.47 Å². The molecule has 142 valence electrons. The van der Waals surface area contributed by atoms with E-state index in [0.29, 0.717) is 18.2 Å². The van der Waals surface area contributed by atoms with E-state index in [1.54, 1.807) is 36.4 Å². The van der Waals surface area contributed by atoms with Gasteiger partial charge in [0.2, 0.25) is 0 Å². The molecule has 0 fully saturated rings. The molecule has 0 amide bonds. The highest BCUT2D eigenvalue weighted by Crippen LogP contribution is 2.39. The molecule has 2 aromatic carbocycles. The minimum Gasteiger partial charge on any atom is -0.497 e. The van der Waals surface area contributed by atoms with E-state index in [9.17, 15) is 26.7 Å². The SMILES string of the molecule is COc1ccc2cc([C@H](C)C(=O)OC(C)C(F)(F)C(F)(F)F)ccc2c1. The molecule has 0 spiro atoms. The maximum Gasteiger partial charge on any atom is 0.457 e. The molecule has 2 atom stereocenters. The Morgan fingerprint density at radius 1 is 0.962 bits per heavy atom. The molecule has 8 heteroatoms. The van der Waals surface area contributed by atoms with Crippen molar-refractivity contribution in [2.75, 3.05) is 7.11 Å². The Labute approximate surface area is 146 Å². The zero-order valence-electron chi connectivity index (χ0n) is 14.2. The largest absolute Gasteiger partial charge is 0.497 e. The van der Waals surface area contributed by atoms with Gasteiger partial charge in [-0.3, -0.25) is 4.79 Å². The average Bonchev–Trinajstić information content (AvgIpc) is 2.58. The van der Waals surface area contributed by atoms with Crippen LogP contribution in [0.1, 0.15) is 25.3 Å². The van der Waals surface area contributed by atoms with Gasteiger partial charge in [-0.15, -0.1) is 0 Å². The summed E-state index contributed by atoms with van der Waals surface area (Å²) in [6.07, 6.45) is -8.42. The molecule has 0 saturated heterocycles. The van der Waals surface area contributed by atoms with E-state index in [2.05, 4.69) is 4.74 Å². The van der Waals surface area contributed by atoms with Crippen LogP contribution < -0.4 is 4.74 Å². The van der Waals surface area contributed by atoms with Gasteiger partial charge in [-0.25, -0.2) is 0 Å². The number of halogens is 5. The minimum atomic E-state index is -5.79. The third kappa shape index (κ3) is 3.89. The summed E-state index contributed by atoms with van der Waals surface area (Å²) in [6, 6.07) is 10.2. The number of benzene rings is 2. The molecule has 0 aromatic heterocycles. The number of alkyl halides is 5. The Hall–Kier alpha value is -2.38. The van der Waals surface area contributed by atoms with Gasteiger partial charge in [0.05, 0.1) is 13.0 Å². The predicted molar refractivity (Wildman–Crippen MR) is 85.5 cm³/mol. The second kappa shape index (κ2) is 7.09.